The van der Waals surface area contributed by atoms with E-state index in [9.17, 15) is 19.5 Å². The van der Waals surface area contributed by atoms with Gasteiger partial charge in [-0.25, -0.2) is 4.79 Å². The zero-order valence-corrected chi connectivity index (χ0v) is 12.8. The molecule has 2 aromatic rings. The number of esters is 1. The lowest BCUT2D eigenvalue weighted by molar-refractivity contribution is -0.141. The van der Waals surface area contributed by atoms with Crippen LogP contribution in [0.4, 0.5) is 0 Å². The molecule has 0 unspecified atom stereocenters. The van der Waals surface area contributed by atoms with Crippen LogP contribution in [0.25, 0.3) is 10.9 Å². The number of rotatable bonds is 3. The number of likely N-dealkylation sites (N-methyl/N-ethyl adjacent to an activating group) is 1. The number of carboxylic acids is 1. The van der Waals surface area contributed by atoms with Crippen LogP contribution in [-0.4, -0.2) is 53.1 Å². The van der Waals surface area contributed by atoms with E-state index in [2.05, 4.69) is 0 Å². The van der Waals surface area contributed by atoms with Crippen LogP contribution in [0, 0.1) is 0 Å². The summed E-state index contributed by atoms with van der Waals surface area (Å²) in [5, 5.41) is 9.88. The summed E-state index contributed by atoms with van der Waals surface area (Å²) < 4.78 is 6.32. The number of hydrogen-bond acceptors (Lipinski definition) is 4. The van der Waals surface area contributed by atoms with Crippen molar-refractivity contribution in [3.05, 3.63) is 35.0 Å². The molecule has 1 aromatic heterocycles. The lowest BCUT2D eigenvalue weighted by atomic mass is 10.0. The van der Waals surface area contributed by atoms with Gasteiger partial charge in [0.15, 0.2) is 0 Å². The molecule has 1 N–H and O–H groups in total. The highest BCUT2D eigenvalue weighted by atomic mass is 16.5. The van der Waals surface area contributed by atoms with Crippen LogP contribution >= 0.6 is 0 Å². The minimum atomic E-state index is -1.03. The maximum atomic E-state index is 12.5. The Morgan fingerprint density at radius 1 is 1.35 bits per heavy atom. The van der Waals surface area contributed by atoms with Gasteiger partial charge >= 0.3 is 11.9 Å². The molecule has 0 fully saturated rings. The summed E-state index contributed by atoms with van der Waals surface area (Å²) in [7, 11) is 2.99. The van der Waals surface area contributed by atoms with E-state index in [1.54, 1.807) is 28.6 Å². The first-order valence-electron chi connectivity index (χ1n) is 7.14. The van der Waals surface area contributed by atoms with Gasteiger partial charge in [-0.1, -0.05) is 0 Å². The van der Waals surface area contributed by atoms with Crippen molar-refractivity contribution in [2.75, 3.05) is 20.7 Å². The van der Waals surface area contributed by atoms with Crippen LogP contribution in [0.1, 0.15) is 26.4 Å². The highest BCUT2D eigenvalue weighted by Gasteiger charge is 2.30. The van der Waals surface area contributed by atoms with Crippen LogP contribution in [0.15, 0.2) is 18.2 Å². The van der Waals surface area contributed by atoms with Gasteiger partial charge in [0.1, 0.15) is 12.2 Å². The number of benzene rings is 1. The van der Waals surface area contributed by atoms with Crippen LogP contribution in [0.3, 0.4) is 0 Å². The largest absolute Gasteiger partial charge is 0.478 e. The van der Waals surface area contributed by atoms with Crippen molar-refractivity contribution >= 4 is 28.7 Å². The number of hydrogen-bond donors (Lipinski definition) is 1. The Labute approximate surface area is 132 Å². The van der Waals surface area contributed by atoms with Gasteiger partial charge in [0.05, 0.1) is 12.7 Å². The summed E-state index contributed by atoms with van der Waals surface area (Å²) >= 11 is 0. The second-order valence-electron chi connectivity index (χ2n) is 5.50. The van der Waals surface area contributed by atoms with Crippen molar-refractivity contribution in [2.24, 2.45) is 0 Å². The fourth-order valence-corrected chi connectivity index (χ4v) is 2.97. The molecule has 1 aliphatic heterocycles. The zero-order valence-electron chi connectivity index (χ0n) is 12.8. The normalized spacial score (nSPS) is 14.0. The Bertz CT molecular complexity index is 837. The van der Waals surface area contributed by atoms with Crippen molar-refractivity contribution in [2.45, 2.75) is 13.0 Å². The lowest BCUT2D eigenvalue weighted by Gasteiger charge is -2.24. The molecule has 1 amide bonds. The molecule has 3 rings (SSSR count). The number of amides is 1. The number of methoxy groups -OCH3 is 1. The Kier molecular flexibility index (Phi) is 3.55. The molecule has 0 radical (unpaired) electrons. The van der Waals surface area contributed by atoms with E-state index >= 15 is 0 Å². The number of aromatic carboxylic acids is 1. The highest BCUT2D eigenvalue weighted by Crippen LogP contribution is 2.31. The van der Waals surface area contributed by atoms with Gasteiger partial charge in [-0.3, -0.25) is 9.59 Å². The first-order chi connectivity index (χ1) is 10.9. The van der Waals surface area contributed by atoms with Crippen LogP contribution in [0.2, 0.25) is 0 Å². The summed E-state index contributed by atoms with van der Waals surface area (Å²) in [4.78, 5) is 37.0. The summed E-state index contributed by atoms with van der Waals surface area (Å²) in [5.74, 6) is -1.67. The van der Waals surface area contributed by atoms with Gasteiger partial charge in [0.2, 0.25) is 0 Å². The van der Waals surface area contributed by atoms with Crippen LogP contribution in [0.5, 0.6) is 0 Å². The standard InChI is InChI=1S/C16H16N2O5/c1-17-6-5-10-11-7-9(16(21)22)3-4-12(11)18(8-13(19)23-2)14(10)15(17)20/h3-4,7H,5-6,8H2,1-2H3,(H,21,22). The minimum absolute atomic E-state index is 0.0890. The molecule has 0 bridgehead atoms. The first kappa shape index (κ1) is 15.1. The van der Waals surface area contributed by atoms with Gasteiger partial charge in [-0.2, -0.15) is 0 Å². The van der Waals surface area contributed by atoms with Crippen molar-refractivity contribution in [3.8, 4) is 0 Å². The van der Waals surface area contributed by atoms with Crippen LogP contribution < -0.4 is 0 Å². The van der Waals surface area contributed by atoms with E-state index in [1.165, 1.54) is 13.2 Å². The topological polar surface area (TPSA) is 88.8 Å². The second kappa shape index (κ2) is 5.42. The first-order valence-corrected chi connectivity index (χ1v) is 7.14. The SMILES string of the molecule is COC(=O)Cn1c2c(c3cc(C(=O)O)ccc31)CCN(C)C2=O. The van der Waals surface area contributed by atoms with E-state index < -0.39 is 11.9 Å². The second-order valence-corrected chi connectivity index (χ2v) is 5.50. The molecule has 0 aliphatic carbocycles. The Hall–Kier alpha value is -2.83. The number of carbonyl (C=O) groups is 3. The third kappa shape index (κ3) is 2.34. The molecule has 2 heterocycles. The van der Waals surface area contributed by atoms with E-state index in [4.69, 9.17) is 4.74 Å². The molecule has 0 saturated heterocycles. The minimum Gasteiger partial charge on any atom is -0.478 e. The molecule has 0 atom stereocenters. The Morgan fingerprint density at radius 3 is 2.74 bits per heavy atom. The molecule has 1 aliphatic rings. The van der Waals surface area contributed by atoms with Crippen molar-refractivity contribution in [1.82, 2.24) is 9.47 Å². The summed E-state index contributed by atoms with van der Waals surface area (Å²) in [6, 6.07) is 4.66. The highest BCUT2D eigenvalue weighted by molar-refractivity contribution is 6.05. The molecule has 120 valence electrons. The quantitative estimate of drug-likeness (QED) is 0.858. The Balaban J connectivity index is 2.29. The molecule has 7 heteroatoms. The molecular weight excluding hydrogens is 300 g/mol. The molecular formula is C16H16N2O5. The monoisotopic (exact) mass is 316 g/mol. The van der Waals surface area contributed by atoms with Gasteiger partial charge in [-0.15, -0.1) is 0 Å². The smallest absolute Gasteiger partial charge is 0.335 e. The van der Waals surface area contributed by atoms with E-state index in [0.717, 1.165) is 5.56 Å². The number of fused-ring (bicyclic) bond motifs is 3. The predicted molar refractivity (Wildman–Crippen MR) is 81.6 cm³/mol. The molecule has 23 heavy (non-hydrogen) atoms. The maximum absolute atomic E-state index is 12.5. The number of carbonyl (C=O) groups excluding carboxylic acids is 2. The van der Waals surface area contributed by atoms with Gasteiger partial charge in [-0.05, 0) is 30.2 Å². The average molecular weight is 316 g/mol. The fourth-order valence-electron chi connectivity index (χ4n) is 2.97. The Morgan fingerprint density at radius 2 is 2.09 bits per heavy atom. The number of nitrogens with zero attached hydrogens (tertiary/aromatic N) is 2. The fraction of sp³-hybridized carbons (Fsp3) is 0.312. The van der Waals surface area contributed by atoms with Gasteiger partial charge in [0.25, 0.3) is 5.91 Å². The van der Waals surface area contributed by atoms with E-state index in [1.807, 2.05) is 0 Å². The molecule has 1 aromatic carbocycles. The molecule has 0 saturated carbocycles. The number of aromatic nitrogens is 1. The predicted octanol–water partition coefficient (Wildman–Crippen LogP) is 1.14. The van der Waals surface area contributed by atoms with Crippen molar-refractivity contribution < 1.29 is 24.2 Å². The lowest BCUT2D eigenvalue weighted by Crippen LogP contribution is -2.36. The van der Waals surface area contributed by atoms with Crippen molar-refractivity contribution in [1.29, 1.82) is 0 Å². The summed E-state index contributed by atoms with van der Waals surface area (Å²) in [5.41, 5.74) is 2.03. The number of carboxylic acid groups (broad SMARTS) is 1. The third-order valence-corrected chi connectivity index (χ3v) is 4.18. The van der Waals surface area contributed by atoms with E-state index in [0.29, 0.717) is 29.6 Å². The third-order valence-electron chi connectivity index (χ3n) is 4.18. The maximum Gasteiger partial charge on any atom is 0.335 e. The van der Waals surface area contributed by atoms with Gasteiger partial charge < -0.3 is 19.3 Å². The van der Waals surface area contributed by atoms with Crippen LogP contribution in [-0.2, 0) is 22.5 Å². The average Bonchev–Trinajstić information content (AvgIpc) is 2.84. The van der Waals surface area contributed by atoms with Crippen molar-refractivity contribution in [3.63, 3.8) is 0 Å². The molecule has 7 nitrogen and oxygen atoms in total. The van der Waals surface area contributed by atoms with Gasteiger partial charge in [0, 0.05) is 24.5 Å². The van der Waals surface area contributed by atoms with E-state index in [-0.39, 0.29) is 18.0 Å². The zero-order chi connectivity index (χ0) is 16.7. The summed E-state index contributed by atoms with van der Waals surface area (Å²) in [6.45, 7) is 0.467. The number of ether oxygens (including phenoxy) is 1. The summed E-state index contributed by atoms with van der Waals surface area (Å²) in [6.07, 6.45) is 0.616. The molecule has 0 spiro atoms.